The summed E-state index contributed by atoms with van der Waals surface area (Å²) in [5, 5.41) is 3.06. The number of phosphoric acid groups is 1. The van der Waals surface area contributed by atoms with Gasteiger partial charge in [-0.15, -0.1) is 0 Å². The van der Waals surface area contributed by atoms with E-state index in [9.17, 15) is 19.0 Å². The minimum Gasteiger partial charge on any atom is -0.756 e. The zero-order chi connectivity index (χ0) is 64.2. The number of quaternary nitrogens is 1. The van der Waals surface area contributed by atoms with Crippen LogP contribution in [0.2, 0.25) is 0 Å². The van der Waals surface area contributed by atoms with Gasteiger partial charge in [0.1, 0.15) is 19.3 Å². The summed E-state index contributed by atoms with van der Waals surface area (Å²) in [5.41, 5.74) is 0. The SMILES string of the molecule is CCCCC/C=C\C/C=C\CCCCCCCCCCCCCCCC(=O)OC(/C=C\CCCCCCCCCCCC)C(COP(=O)([O-])OCC[N+](C)(C)C)NC(=O)CCCCCCCCCCCCCCCCCCC/C=C/CCCCCCCC. The predicted octanol–water partition coefficient (Wildman–Crippen LogP) is 24.1. The summed E-state index contributed by atoms with van der Waals surface area (Å²) < 4.78 is 30.5. The van der Waals surface area contributed by atoms with Gasteiger partial charge in [-0.3, -0.25) is 14.2 Å². The van der Waals surface area contributed by atoms with Crippen LogP contribution >= 0.6 is 7.82 Å². The molecule has 0 aliphatic carbocycles. The van der Waals surface area contributed by atoms with Crippen LogP contribution in [0.3, 0.4) is 0 Å². The lowest BCUT2D eigenvalue weighted by atomic mass is 10.0. The van der Waals surface area contributed by atoms with E-state index in [0.717, 1.165) is 64.2 Å². The van der Waals surface area contributed by atoms with E-state index in [1.165, 1.54) is 289 Å². The largest absolute Gasteiger partial charge is 0.756 e. The Morgan fingerprint density at radius 3 is 1.06 bits per heavy atom. The lowest BCUT2D eigenvalue weighted by Crippen LogP contribution is -2.47. The highest BCUT2D eigenvalue weighted by molar-refractivity contribution is 7.45. The molecule has 0 aliphatic rings. The summed E-state index contributed by atoms with van der Waals surface area (Å²) >= 11 is 0. The maximum Gasteiger partial charge on any atom is 0.306 e. The van der Waals surface area contributed by atoms with Crippen molar-refractivity contribution in [2.45, 2.75) is 399 Å². The quantitative estimate of drug-likeness (QED) is 0.0212. The van der Waals surface area contributed by atoms with E-state index in [1.54, 1.807) is 0 Å². The van der Waals surface area contributed by atoms with Gasteiger partial charge >= 0.3 is 5.97 Å². The normalized spacial score (nSPS) is 13.7. The monoisotopic (exact) mass is 1260 g/mol. The number of phosphoric ester groups is 1. The average molecular weight is 1260 g/mol. The number of hydrogen-bond donors (Lipinski definition) is 1. The Morgan fingerprint density at radius 1 is 0.398 bits per heavy atom. The fraction of sp³-hybridized carbons (Fsp3) is 0.872. The van der Waals surface area contributed by atoms with Crippen LogP contribution in [0, 0.1) is 0 Å². The molecule has 518 valence electrons. The number of likely N-dealkylation sites (N-methyl/N-ethyl adjacent to an activating group) is 1. The van der Waals surface area contributed by atoms with Crippen molar-refractivity contribution in [2.24, 2.45) is 0 Å². The van der Waals surface area contributed by atoms with Crippen molar-refractivity contribution >= 4 is 19.7 Å². The van der Waals surface area contributed by atoms with Gasteiger partial charge in [0, 0.05) is 12.8 Å². The van der Waals surface area contributed by atoms with Crippen LogP contribution in [0.1, 0.15) is 387 Å². The molecule has 0 spiro atoms. The number of hydrogen-bond acceptors (Lipinski definition) is 7. The number of nitrogens with zero attached hydrogens (tertiary/aromatic N) is 1. The van der Waals surface area contributed by atoms with Gasteiger partial charge in [-0.1, -0.05) is 333 Å². The maximum absolute atomic E-state index is 13.6. The summed E-state index contributed by atoms with van der Waals surface area (Å²) in [6.07, 6.45) is 86.8. The first-order chi connectivity index (χ1) is 42.9. The molecule has 10 heteroatoms. The van der Waals surface area contributed by atoms with E-state index in [0.29, 0.717) is 17.4 Å². The average Bonchev–Trinajstić information content (AvgIpc) is 3.71. The Bertz CT molecular complexity index is 1640. The van der Waals surface area contributed by atoms with Gasteiger partial charge in [0.25, 0.3) is 7.82 Å². The van der Waals surface area contributed by atoms with Gasteiger partial charge < -0.3 is 28.5 Å². The Balaban J connectivity index is 4.93. The van der Waals surface area contributed by atoms with Gasteiger partial charge in [-0.05, 0) is 89.5 Å². The Hall–Kier alpha value is -2.03. The second-order valence-electron chi connectivity index (χ2n) is 27.5. The molecule has 0 rings (SSSR count). The molecule has 0 fully saturated rings. The molecule has 1 amide bonds. The number of carbonyl (C=O) groups is 2. The van der Waals surface area contributed by atoms with Crippen molar-refractivity contribution in [1.29, 1.82) is 0 Å². The number of carbonyl (C=O) groups excluding carboxylic acids is 2. The van der Waals surface area contributed by atoms with Gasteiger partial charge in [0.2, 0.25) is 5.91 Å². The van der Waals surface area contributed by atoms with Gasteiger partial charge in [0.15, 0.2) is 0 Å². The molecular weight excluding hydrogens is 1110 g/mol. The molecule has 88 heavy (non-hydrogen) atoms. The highest BCUT2D eigenvalue weighted by Crippen LogP contribution is 2.38. The first-order valence-electron chi connectivity index (χ1n) is 38.4. The van der Waals surface area contributed by atoms with Crippen molar-refractivity contribution in [3.05, 3.63) is 48.6 Å². The number of nitrogens with one attached hydrogen (secondary N) is 1. The summed E-state index contributed by atoms with van der Waals surface area (Å²) in [6.45, 7) is 6.88. The van der Waals surface area contributed by atoms with Gasteiger partial charge in [-0.25, -0.2) is 0 Å². The molecule has 0 heterocycles. The molecule has 0 aromatic rings. The number of rotatable bonds is 71. The molecule has 0 radical (unpaired) electrons. The lowest BCUT2D eigenvalue weighted by Gasteiger charge is -2.30. The number of esters is 1. The minimum atomic E-state index is -4.70. The van der Waals surface area contributed by atoms with Crippen LogP contribution in [-0.2, 0) is 27.9 Å². The van der Waals surface area contributed by atoms with E-state index in [-0.39, 0.29) is 31.5 Å². The zero-order valence-electron chi connectivity index (χ0n) is 59.5. The third-order valence-corrected chi connectivity index (χ3v) is 18.4. The highest BCUT2D eigenvalue weighted by Gasteiger charge is 2.27. The summed E-state index contributed by atoms with van der Waals surface area (Å²) in [4.78, 5) is 40.3. The standard InChI is InChI=1S/C78H149N2O7P/c1-7-10-13-16-19-22-25-28-30-32-34-36-38-39-40-41-43-44-46-48-50-52-55-58-61-64-67-70-77(81)79-75(74-86-88(83,84)85-73-72-80(4,5)6)76(69-66-63-60-57-54-27-24-21-18-15-12-9-3)87-78(82)71-68-65-62-59-56-53-51-49-47-45-42-37-35-33-31-29-26-23-20-17-14-11-8-2/h20,23,28-31,66,69,75-76H,7-19,21-22,24-27,32-65,67-68,70-74H2,1-6H3,(H-,79,81,83,84)/b23-20-,30-28+,31-29-,69-66-. The van der Waals surface area contributed by atoms with Crippen molar-refractivity contribution in [3.63, 3.8) is 0 Å². The van der Waals surface area contributed by atoms with Crippen LogP contribution in [0.25, 0.3) is 0 Å². The second-order valence-corrected chi connectivity index (χ2v) is 28.9. The molecule has 0 bridgehead atoms. The number of unbranched alkanes of at least 4 members (excludes halogenated alkanes) is 49. The van der Waals surface area contributed by atoms with Gasteiger partial charge in [-0.2, -0.15) is 0 Å². The van der Waals surface area contributed by atoms with Crippen molar-refractivity contribution < 1.29 is 37.3 Å². The first kappa shape index (κ1) is 86.0. The van der Waals surface area contributed by atoms with E-state index in [1.807, 2.05) is 33.3 Å². The van der Waals surface area contributed by atoms with Crippen LogP contribution in [0.4, 0.5) is 0 Å². The molecule has 0 saturated heterocycles. The van der Waals surface area contributed by atoms with Crippen molar-refractivity contribution in [2.75, 3.05) is 40.9 Å². The van der Waals surface area contributed by atoms with E-state index in [2.05, 4.69) is 62.5 Å². The molecular formula is C78H149N2O7P. The summed E-state index contributed by atoms with van der Waals surface area (Å²) in [5.74, 6) is -0.522. The summed E-state index contributed by atoms with van der Waals surface area (Å²) in [6, 6.07) is -0.888. The fourth-order valence-electron chi connectivity index (χ4n) is 11.6. The Labute approximate surface area is 548 Å². The minimum absolute atomic E-state index is 0.0202. The lowest BCUT2D eigenvalue weighted by molar-refractivity contribution is -0.870. The second kappa shape index (κ2) is 67.8. The van der Waals surface area contributed by atoms with Crippen LogP contribution < -0.4 is 10.2 Å². The van der Waals surface area contributed by atoms with E-state index in [4.69, 9.17) is 13.8 Å². The van der Waals surface area contributed by atoms with E-state index >= 15 is 0 Å². The van der Waals surface area contributed by atoms with E-state index < -0.39 is 20.0 Å². The summed E-state index contributed by atoms with van der Waals surface area (Å²) in [7, 11) is 1.20. The first-order valence-corrected chi connectivity index (χ1v) is 39.9. The maximum atomic E-state index is 13.6. The number of allylic oxidation sites excluding steroid dienone is 7. The smallest absolute Gasteiger partial charge is 0.306 e. The fourth-order valence-corrected chi connectivity index (χ4v) is 12.3. The van der Waals surface area contributed by atoms with Crippen LogP contribution in [0.15, 0.2) is 48.6 Å². The topological polar surface area (TPSA) is 114 Å². The zero-order valence-corrected chi connectivity index (χ0v) is 60.3. The van der Waals surface area contributed by atoms with Crippen LogP contribution in [-0.4, -0.2) is 69.4 Å². The molecule has 1 N–H and O–H groups in total. The molecule has 3 atom stereocenters. The third kappa shape index (κ3) is 68.3. The molecule has 9 nitrogen and oxygen atoms in total. The number of ether oxygens (including phenoxy) is 1. The van der Waals surface area contributed by atoms with Gasteiger partial charge in [0.05, 0.1) is 33.8 Å². The third-order valence-electron chi connectivity index (χ3n) is 17.5. The molecule has 0 saturated carbocycles. The Kier molecular flexibility index (Phi) is 66.3. The highest BCUT2D eigenvalue weighted by atomic mass is 31.2. The van der Waals surface area contributed by atoms with Crippen molar-refractivity contribution in [1.82, 2.24) is 5.32 Å². The number of amides is 1. The molecule has 0 aromatic heterocycles. The Morgan fingerprint density at radius 2 is 0.693 bits per heavy atom. The predicted molar refractivity (Wildman–Crippen MR) is 381 cm³/mol. The molecule has 0 aliphatic heterocycles. The van der Waals surface area contributed by atoms with Crippen LogP contribution in [0.5, 0.6) is 0 Å². The van der Waals surface area contributed by atoms with Crippen molar-refractivity contribution in [3.8, 4) is 0 Å². The molecule has 3 unspecified atom stereocenters. The molecule has 0 aromatic carbocycles.